The summed E-state index contributed by atoms with van der Waals surface area (Å²) in [5.41, 5.74) is 13.0. The van der Waals surface area contributed by atoms with Crippen LogP contribution in [0.5, 0.6) is 0 Å². The van der Waals surface area contributed by atoms with E-state index >= 15 is 0 Å². The van der Waals surface area contributed by atoms with E-state index in [1.165, 1.54) is 32.1 Å². The summed E-state index contributed by atoms with van der Waals surface area (Å²) in [5.74, 6) is 0.300. The fourth-order valence-electron chi connectivity index (χ4n) is 2.52. The normalized spacial score (nSPS) is 16.4. The maximum absolute atomic E-state index is 11.0. The Bertz CT molecular complexity index is 425. The summed E-state index contributed by atoms with van der Waals surface area (Å²) in [4.78, 5) is 11.0. The SMILES string of the molecule is NC(=O)c1ccc(NCC2CCCCC2)c(N)c1. The van der Waals surface area contributed by atoms with Crippen LogP contribution in [0.1, 0.15) is 42.5 Å². The van der Waals surface area contributed by atoms with Crippen molar-refractivity contribution in [1.29, 1.82) is 0 Å². The van der Waals surface area contributed by atoms with Gasteiger partial charge in [0.25, 0.3) is 0 Å². The molecule has 1 aliphatic carbocycles. The molecule has 1 amide bonds. The van der Waals surface area contributed by atoms with E-state index in [0.29, 0.717) is 11.3 Å². The van der Waals surface area contributed by atoms with Crippen LogP contribution < -0.4 is 16.8 Å². The molecule has 0 aromatic heterocycles. The molecule has 18 heavy (non-hydrogen) atoms. The van der Waals surface area contributed by atoms with Gasteiger partial charge in [0.2, 0.25) is 5.91 Å². The van der Waals surface area contributed by atoms with Gasteiger partial charge in [-0.25, -0.2) is 0 Å². The molecule has 4 heteroatoms. The Morgan fingerprint density at radius 1 is 1.28 bits per heavy atom. The first-order valence-corrected chi connectivity index (χ1v) is 6.60. The van der Waals surface area contributed by atoms with Crippen molar-refractivity contribution >= 4 is 17.3 Å². The van der Waals surface area contributed by atoms with Crippen LogP contribution in [0.25, 0.3) is 0 Å². The Morgan fingerprint density at radius 3 is 2.61 bits per heavy atom. The largest absolute Gasteiger partial charge is 0.397 e. The van der Waals surface area contributed by atoms with Crippen LogP contribution in [0.15, 0.2) is 18.2 Å². The van der Waals surface area contributed by atoms with Crippen LogP contribution in [0.2, 0.25) is 0 Å². The number of nitrogens with one attached hydrogen (secondary N) is 1. The molecule has 1 fully saturated rings. The van der Waals surface area contributed by atoms with Gasteiger partial charge in [-0.1, -0.05) is 19.3 Å². The Kier molecular flexibility index (Phi) is 4.07. The van der Waals surface area contributed by atoms with E-state index in [1.54, 1.807) is 12.1 Å². The second-order valence-electron chi connectivity index (χ2n) is 5.05. The maximum atomic E-state index is 11.0. The highest BCUT2D eigenvalue weighted by atomic mass is 16.1. The van der Waals surface area contributed by atoms with E-state index < -0.39 is 5.91 Å². The highest BCUT2D eigenvalue weighted by molar-refractivity contribution is 5.94. The van der Waals surface area contributed by atoms with E-state index in [0.717, 1.165) is 18.2 Å². The standard InChI is InChI=1S/C14H21N3O/c15-12-8-11(14(16)18)6-7-13(12)17-9-10-4-2-1-3-5-10/h6-8,10,17H,1-5,9,15H2,(H2,16,18). The first kappa shape index (κ1) is 12.7. The lowest BCUT2D eigenvalue weighted by Gasteiger charge is -2.22. The van der Waals surface area contributed by atoms with E-state index in [-0.39, 0.29) is 0 Å². The number of hydrogen-bond acceptors (Lipinski definition) is 3. The molecule has 1 aliphatic rings. The van der Waals surface area contributed by atoms with Crippen molar-refractivity contribution in [2.45, 2.75) is 32.1 Å². The summed E-state index contributed by atoms with van der Waals surface area (Å²) in [6, 6.07) is 5.17. The third-order valence-corrected chi connectivity index (χ3v) is 3.64. The Labute approximate surface area is 108 Å². The summed E-state index contributed by atoms with van der Waals surface area (Å²) >= 11 is 0. The fraction of sp³-hybridized carbons (Fsp3) is 0.500. The number of rotatable bonds is 4. The molecular formula is C14H21N3O. The number of hydrogen-bond donors (Lipinski definition) is 3. The predicted molar refractivity (Wildman–Crippen MR) is 74.4 cm³/mol. The molecule has 0 radical (unpaired) electrons. The second kappa shape index (κ2) is 5.76. The molecule has 0 spiro atoms. The van der Waals surface area contributed by atoms with Gasteiger partial charge in [0.15, 0.2) is 0 Å². The van der Waals surface area contributed by atoms with Gasteiger partial charge in [-0.2, -0.15) is 0 Å². The molecule has 98 valence electrons. The van der Waals surface area contributed by atoms with Crippen LogP contribution in [0, 0.1) is 5.92 Å². The van der Waals surface area contributed by atoms with Crippen molar-refractivity contribution in [2.75, 3.05) is 17.6 Å². The molecule has 0 atom stereocenters. The van der Waals surface area contributed by atoms with E-state index in [9.17, 15) is 4.79 Å². The number of anilines is 2. The number of nitrogen functional groups attached to an aromatic ring is 1. The van der Waals surface area contributed by atoms with Crippen molar-refractivity contribution in [2.24, 2.45) is 11.7 Å². The highest BCUT2D eigenvalue weighted by Crippen LogP contribution is 2.25. The number of carbonyl (C=O) groups is 1. The van der Waals surface area contributed by atoms with Crippen LogP contribution in [0.3, 0.4) is 0 Å². The first-order chi connectivity index (χ1) is 8.66. The third kappa shape index (κ3) is 3.15. The van der Waals surface area contributed by atoms with Gasteiger partial charge in [0.05, 0.1) is 11.4 Å². The zero-order valence-electron chi connectivity index (χ0n) is 10.6. The molecule has 0 unspecified atom stereocenters. The van der Waals surface area contributed by atoms with E-state index in [4.69, 9.17) is 11.5 Å². The van der Waals surface area contributed by atoms with Crippen LogP contribution in [-0.4, -0.2) is 12.5 Å². The number of carbonyl (C=O) groups excluding carboxylic acids is 1. The van der Waals surface area contributed by atoms with Crippen molar-refractivity contribution in [3.05, 3.63) is 23.8 Å². The minimum absolute atomic E-state index is 0.444. The zero-order valence-corrected chi connectivity index (χ0v) is 10.6. The topological polar surface area (TPSA) is 81.1 Å². The molecule has 2 rings (SSSR count). The monoisotopic (exact) mass is 247 g/mol. The van der Waals surface area contributed by atoms with E-state index in [2.05, 4.69) is 5.32 Å². The van der Waals surface area contributed by atoms with Crippen molar-refractivity contribution < 1.29 is 4.79 Å². The van der Waals surface area contributed by atoms with Crippen LogP contribution >= 0.6 is 0 Å². The van der Waals surface area contributed by atoms with Crippen LogP contribution in [-0.2, 0) is 0 Å². The Morgan fingerprint density at radius 2 is 2.00 bits per heavy atom. The molecule has 5 N–H and O–H groups in total. The molecule has 0 bridgehead atoms. The van der Waals surface area contributed by atoms with E-state index in [1.807, 2.05) is 6.07 Å². The number of primary amides is 1. The van der Waals surface area contributed by atoms with Gasteiger partial charge in [-0.05, 0) is 37.0 Å². The minimum atomic E-state index is -0.444. The molecular weight excluding hydrogens is 226 g/mol. The van der Waals surface area contributed by atoms with Crippen molar-refractivity contribution in [3.63, 3.8) is 0 Å². The average molecular weight is 247 g/mol. The Balaban J connectivity index is 1.94. The molecule has 1 aromatic carbocycles. The smallest absolute Gasteiger partial charge is 0.248 e. The predicted octanol–water partition coefficient (Wildman–Crippen LogP) is 2.36. The summed E-state index contributed by atoms with van der Waals surface area (Å²) in [7, 11) is 0. The molecule has 1 saturated carbocycles. The molecule has 0 heterocycles. The lowest BCUT2D eigenvalue weighted by atomic mass is 9.89. The lowest BCUT2D eigenvalue weighted by Crippen LogP contribution is -2.18. The summed E-state index contributed by atoms with van der Waals surface area (Å²) in [5, 5.41) is 3.37. The quantitative estimate of drug-likeness (QED) is 0.714. The molecule has 1 aromatic rings. The summed E-state index contributed by atoms with van der Waals surface area (Å²) in [6.45, 7) is 0.958. The van der Waals surface area contributed by atoms with Gasteiger partial charge in [0.1, 0.15) is 0 Å². The third-order valence-electron chi connectivity index (χ3n) is 3.64. The molecule has 0 saturated heterocycles. The number of nitrogens with two attached hydrogens (primary N) is 2. The number of amides is 1. The molecule has 4 nitrogen and oxygen atoms in total. The average Bonchev–Trinajstić information content (AvgIpc) is 2.38. The lowest BCUT2D eigenvalue weighted by molar-refractivity contribution is 0.100. The number of benzene rings is 1. The van der Waals surface area contributed by atoms with Gasteiger partial charge >= 0.3 is 0 Å². The fourth-order valence-corrected chi connectivity index (χ4v) is 2.52. The maximum Gasteiger partial charge on any atom is 0.248 e. The summed E-state index contributed by atoms with van der Waals surface area (Å²) in [6.07, 6.45) is 6.63. The van der Waals surface area contributed by atoms with Gasteiger partial charge in [0, 0.05) is 12.1 Å². The second-order valence-corrected chi connectivity index (χ2v) is 5.05. The minimum Gasteiger partial charge on any atom is -0.397 e. The Hall–Kier alpha value is -1.71. The van der Waals surface area contributed by atoms with Gasteiger partial charge in [-0.3, -0.25) is 4.79 Å². The van der Waals surface area contributed by atoms with Gasteiger partial charge < -0.3 is 16.8 Å². The van der Waals surface area contributed by atoms with Crippen molar-refractivity contribution in [1.82, 2.24) is 0 Å². The summed E-state index contributed by atoms with van der Waals surface area (Å²) < 4.78 is 0. The highest BCUT2D eigenvalue weighted by Gasteiger charge is 2.13. The van der Waals surface area contributed by atoms with Gasteiger partial charge in [-0.15, -0.1) is 0 Å². The molecule has 0 aliphatic heterocycles. The van der Waals surface area contributed by atoms with Crippen LogP contribution in [0.4, 0.5) is 11.4 Å². The van der Waals surface area contributed by atoms with Crippen molar-refractivity contribution in [3.8, 4) is 0 Å². The zero-order chi connectivity index (χ0) is 13.0. The first-order valence-electron chi connectivity index (χ1n) is 6.60.